The molecule has 0 saturated heterocycles. The van der Waals surface area contributed by atoms with Crippen LogP contribution in [0.4, 0.5) is 0 Å². The molecule has 1 aromatic rings. The number of carbonyl (C=O) groups excluding carboxylic acids is 1. The largest absolute Gasteiger partial charge is 0.385 e. The third-order valence-corrected chi connectivity index (χ3v) is 2.35. The second-order valence-corrected chi connectivity index (χ2v) is 3.81. The molecule has 7 heteroatoms. The second-order valence-electron chi connectivity index (χ2n) is 3.63. The number of aromatic nitrogens is 2. The van der Waals surface area contributed by atoms with Gasteiger partial charge in [0.2, 0.25) is 0 Å². The molecule has 0 spiro atoms. The van der Waals surface area contributed by atoms with Crippen LogP contribution < -0.4 is 4.89 Å². The third-order valence-electron chi connectivity index (χ3n) is 2.26. The first-order valence-electron chi connectivity index (χ1n) is 5.64. The number of carbonyl (C=O) groups is 1. The Morgan fingerprint density at radius 3 is 3.06 bits per heavy atom. The van der Waals surface area contributed by atoms with Crippen LogP contribution in [0.3, 0.4) is 0 Å². The van der Waals surface area contributed by atoms with Crippen molar-refractivity contribution in [3.8, 4) is 0 Å². The molecule has 100 valence electrons. The third kappa shape index (κ3) is 5.95. The highest BCUT2D eigenvalue weighted by Crippen LogP contribution is 2.03. The van der Waals surface area contributed by atoms with Crippen LogP contribution in [0.1, 0.15) is 24.4 Å². The lowest BCUT2D eigenvalue weighted by atomic mass is 10.2. The predicted octanol–water partition coefficient (Wildman–Crippen LogP) is 0.881. The summed E-state index contributed by atoms with van der Waals surface area (Å²) in [6.07, 6.45) is 4.12. The van der Waals surface area contributed by atoms with Crippen LogP contribution in [0.25, 0.3) is 0 Å². The summed E-state index contributed by atoms with van der Waals surface area (Å²) in [5, 5.41) is 0. The molecular weight excluding hydrogens is 254 g/mol. The fraction of sp³-hybridized carbons (Fsp3) is 0.545. The van der Waals surface area contributed by atoms with Gasteiger partial charge in [-0.15, -0.1) is 0 Å². The Morgan fingerprint density at radius 2 is 2.33 bits per heavy atom. The first-order chi connectivity index (χ1) is 8.76. The zero-order chi connectivity index (χ0) is 13.2. The first kappa shape index (κ1) is 14.9. The molecule has 1 rings (SSSR count). The van der Waals surface area contributed by atoms with Gasteiger partial charge < -0.3 is 9.57 Å². The van der Waals surface area contributed by atoms with E-state index in [0.29, 0.717) is 13.0 Å². The summed E-state index contributed by atoms with van der Waals surface area (Å²) in [6, 6.07) is 1.79. The maximum absolute atomic E-state index is 11.1. The Kier molecular flexibility index (Phi) is 7.31. The molecule has 0 fully saturated rings. The Morgan fingerprint density at radius 1 is 1.50 bits per heavy atom. The molecule has 0 atom stereocenters. The minimum Gasteiger partial charge on any atom is -0.385 e. The van der Waals surface area contributed by atoms with E-state index in [9.17, 15) is 4.79 Å². The van der Waals surface area contributed by atoms with Crippen molar-refractivity contribution in [3.63, 3.8) is 0 Å². The Balaban J connectivity index is 2.41. The highest BCUT2D eigenvalue weighted by atomic mass is 32.1. The van der Waals surface area contributed by atoms with Crippen molar-refractivity contribution < 1.29 is 14.4 Å². The Labute approximate surface area is 112 Å². The molecule has 0 aliphatic carbocycles. The number of nitrogens with one attached hydrogen (secondary N) is 1. The van der Waals surface area contributed by atoms with E-state index in [1.54, 1.807) is 19.4 Å². The van der Waals surface area contributed by atoms with E-state index in [1.165, 1.54) is 0 Å². The number of ether oxygens (including phenoxy) is 1. The van der Waals surface area contributed by atoms with Crippen LogP contribution in [0.15, 0.2) is 12.3 Å². The van der Waals surface area contributed by atoms with Gasteiger partial charge in [0.15, 0.2) is 0 Å². The van der Waals surface area contributed by atoms with Crippen molar-refractivity contribution in [2.45, 2.75) is 25.7 Å². The van der Waals surface area contributed by atoms with Gasteiger partial charge in [0.05, 0.1) is 6.42 Å². The molecule has 0 aliphatic rings. The highest BCUT2D eigenvalue weighted by Gasteiger charge is 2.05. The van der Waals surface area contributed by atoms with E-state index in [0.717, 1.165) is 24.4 Å². The molecule has 0 aliphatic heterocycles. The van der Waals surface area contributed by atoms with Gasteiger partial charge in [-0.3, -0.25) is 4.79 Å². The van der Waals surface area contributed by atoms with Gasteiger partial charge in [-0.25, -0.2) is 9.97 Å². The summed E-state index contributed by atoms with van der Waals surface area (Å²) in [4.78, 5) is 26.2. The minimum atomic E-state index is -0.371. The number of methoxy groups -OCH3 is 1. The van der Waals surface area contributed by atoms with Crippen LogP contribution in [0, 0.1) is 0 Å². The first-order valence-corrected chi connectivity index (χ1v) is 6.09. The van der Waals surface area contributed by atoms with E-state index in [4.69, 9.17) is 4.74 Å². The van der Waals surface area contributed by atoms with E-state index in [-0.39, 0.29) is 12.4 Å². The molecule has 0 radical (unpaired) electrons. The van der Waals surface area contributed by atoms with Gasteiger partial charge in [0.25, 0.3) is 0 Å². The summed E-state index contributed by atoms with van der Waals surface area (Å²) in [5.74, 6) is 0.398. The molecule has 0 saturated carbocycles. The van der Waals surface area contributed by atoms with Crippen molar-refractivity contribution in [3.05, 3.63) is 23.8 Å². The van der Waals surface area contributed by atoms with Gasteiger partial charge in [-0.05, 0) is 12.5 Å². The summed E-state index contributed by atoms with van der Waals surface area (Å²) in [6.45, 7) is 0.688. The molecule has 0 bridgehead atoms. The zero-order valence-electron chi connectivity index (χ0n) is 10.3. The van der Waals surface area contributed by atoms with Gasteiger partial charge in [0, 0.05) is 38.4 Å². The smallest absolute Gasteiger partial charge is 0.326 e. The number of rotatable bonds is 8. The molecule has 0 amide bonds. The lowest BCUT2D eigenvalue weighted by molar-refractivity contribution is -0.146. The lowest BCUT2D eigenvalue weighted by Crippen LogP contribution is -2.12. The van der Waals surface area contributed by atoms with Crippen LogP contribution >= 0.6 is 12.8 Å². The quantitative estimate of drug-likeness (QED) is 0.415. The van der Waals surface area contributed by atoms with Crippen molar-refractivity contribution in [1.29, 1.82) is 0 Å². The molecule has 1 aromatic heterocycles. The average molecular weight is 271 g/mol. The molecule has 1 N–H and O–H groups in total. The second kappa shape index (κ2) is 8.84. The van der Waals surface area contributed by atoms with Gasteiger partial charge in [0.1, 0.15) is 5.82 Å². The summed E-state index contributed by atoms with van der Waals surface area (Å²) < 4.78 is 4.97. The number of aryl methyl sites for hydroxylation is 2. The fourth-order valence-corrected chi connectivity index (χ4v) is 1.51. The average Bonchev–Trinajstić information content (AvgIpc) is 2.38. The molecule has 6 nitrogen and oxygen atoms in total. The fourth-order valence-electron chi connectivity index (χ4n) is 1.41. The Hall–Kier alpha value is -1.18. The van der Waals surface area contributed by atoms with E-state index < -0.39 is 0 Å². The molecule has 18 heavy (non-hydrogen) atoms. The molecule has 1 heterocycles. The predicted molar refractivity (Wildman–Crippen MR) is 68.8 cm³/mol. The lowest BCUT2D eigenvalue weighted by Gasteiger charge is -2.03. The van der Waals surface area contributed by atoms with Crippen molar-refractivity contribution in [2.75, 3.05) is 13.7 Å². The normalized spacial score (nSPS) is 10.3. The number of nitrogens with zero attached hydrogens (tertiary/aromatic N) is 2. The maximum atomic E-state index is 11.1. The van der Waals surface area contributed by atoms with E-state index in [2.05, 4.69) is 27.6 Å². The standard InChI is InChI=1S/C11H17N3O3S/c1-16-8-2-3-10-12-7-6-9(13-10)4-5-11(15)17-14-18/h6-7,14,18H,2-5,8H2,1H3. The maximum Gasteiger partial charge on any atom is 0.326 e. The zero-order valence-corrected chi connectivity index (χ0v) is 11.2. The molecule has 0 unspecified atom stereocenters. The summed E-state index contributed by atoms with van der Waals surface area (Å²) >= 11 is 3.57. The van der Waals surface area contributed by atoms with Crippen LogP contribution in [-0.2, 0) is 27.2 Å². The topological polar surface area (TPSA) is 73.3 Å². The van der Waals surface area contributed by atoms with Gasteiger partial charge in [-0.1, -0.05) is 17.7 Å². The summed E-state index contributed by atoms with van der Waals surface area (Å²) in [5.41, 5.74) is 0.827. The number of thiol groups is 1. The summed E-state index contributed by atoms with van der Waals surface area (Å²) in [7, 11) is 1.67. The molecule has 0 aromatic carbocycles. The van der Waals surface area contributed by atoms with E-state index >= 15 is 0 Å². The Bertz CT molecular complexity index is 376. The van der Waals surface area contributed by atoms with Gasteiger partial charge >= 0.3 is 5.97 Å². The SMILES string of the molecule is COCCCc1nccc(CCC(=O)ONS)n1. The monoisotopic (exact) mass is 271 g/mol. The van der Waals surface area contributed by atoms with Crippen LogP contribution in [-0.4, -0.2) is 29.7 Å². The van der Waals surface area contributed by atoms with Crippen molar-refractivity contribution >= 4 is 18.8 Å². The number of hydrogen-bond acceptors (Lipinski definition) is 7. The number of hydrogen-bond donors (Lipinski definition) is 2. The van der Waals surface area contributed by atoms with Crippen LogP contribution in [0.5, 0.6) is 0 Å². The van der Waals surface area contributed by atoms with Crippen molar-refractivity contribution in [1.82, 2.24) is 14.9 Å². The van der Waals surface area contributed by atoms with Gasteiger partial charge in [-0.2, -0.15) is 0 Å². The van der Waals surface area contributed by atoms with E-state index in [1.807, 2.05) is 4.89 Å². The van der Waals surface area contributed by atoms with Crippen molar-refractivity contribution in [2.24, 2.45) is 0 Å². The van der Waals surface area contributed by atoms with Crippen LogP contribution in [0.2, 0.25) is 0 Å². The molecular formula is C11H17N3O3S. The highest BCUT2D eigenvalue weighted by molar-refractivity contribution is 7.77. The minimum absolute atomic E-state index is 0.252.